The summed E-state index contributed by atoms with van der Waals surface area (Å²) in [4.78, 5) is 22.9. The maximum absolute atomic E-state index is 11.5. The minimum atomic E-state index is -0.846. The lowest BCUT2D eigenvalue weighted by molar-refractivity contribution is -0.137. The average Bonchev–Trinajstić information content (AvgIpc) is 2.33. The fourth-order valence-corrected chi connectivity index (χ4v) is 2.34. The fraction of sp³-hybridized carbons (Fsp3) is 0.385. The van der Waals surface area contributed by atoms with Gasteiger partial charge in [0.15, 0.2) is 0 Å². The van der Waals surface area contributed by atoms with Gasteiger partial charge in [0.05, 0.1) is 5.75 Å². The molecule has 1 aromatic rings. The quantitative estimate of drug-likeness (QED) is 0.402. The van der Waals surface area contributed by atoms with E-state index in [1.807, 2.05) is 19.1 Å². The summed E-state index contributed by atoms with van der Waals surface area (Å²) in [6.07, 6.45) is 0.525. The van der Waals surface area contributed by atoms with E-state index >= 15 is 0 Å². The monoisotopic (exact) mass is 282 g/mol. The van der Waals surface area contributed by atoms with Crippen LogP contribution in [0, 0.1) is 6.92 Å². The van der Waals surface area contributed by atoms with Gasteiger partial charge in [-0.1, -0.05) is 0 Å². The number of carboxylic acid groups (broad SMARTS) is 1. The van der Waals surface area contributed by atoms with Gasteiger partial charge in [0, 0.05) is 23.5 Å². The first-order valence-electron chi connectivity index (χ1n) is 5.96. The summed E-state index contributed by atoms with van der Waals surface area (Å²) in [6, 6.07) is 5.57. The van der Waals surface area contributed by atoms with E-state index in [0.29, 0.717) is 24.4 Å². The van der Waals surface area contributed by atoms with Gasteiger partial charge in [-0.25, -0.2) is 0 Å². The summed E-state index contributed by atoms with van der Waals surface area (Å²) in [5, 5.41) is 11.1. The third kappa shape index (κ3) is 6.15. The van der Waals surface area contributed by atoms with Gasteiger partial charge in [-0.2, -0.15) is 0 Å². The summed E-state index contributed by atoms with van der Waals surface area (Å²) in [6.45, 7) is 2.34. The van der Waals surface area contributed by atoms with Gasteiger partial charge < -0.3 is 16.2 Å². The molecule has 104 valence electrons. The molecular weight excluding hydrogens is 264 g/mol. The highest BCUT2D eigenvalue weighted by Gasteiger charge is 2.05. The zero-order valence-electron chi connectivity index (χ0n) is 10.8. The van der Waals surface area contributed by atoms with Crippen molar-refractivity contribution < 1.29 is 14.7 Å². The number of rotatable bonds is 7. The Morgan fingerprint density at radius 2 is 2.16 bits per heavy atom. The van der Waals surface area contributed by atoms with Crippen LogP contribution in [0.4, 0.5) is 5.69 Å². The van der Waals surface area contributed by atoms with Crippen LogP contribution in [0.15, 0.2) is 23.1 Å². The minimum absolute atomic E-state index is 0.0739. The Bertz CT molecular complexity index is 463. The molecule has 0 bridgehead atoms. The molecule has 6 heteroatoms. The molecule has 0 aliphatic heterocycles. The van der Waals surface area contributed by atoms with E-state index in [2.05, 4.69) is 5.32 Å². The van der Waals surface area contributed by atoms with Gasteiger partial charge in [0.2, 0.25) is 5.91 Å². The SMILES string of the molecule is Cc1cc(N)ccc1SCC(=O)NCCCC(=O)O. The first kappa shape index (κ1) is 15.4. The van der Waals surface area contributed by atoms with Crippen molar-refractivity contribution in [1.82, 2.24) is 5.32 Å². The van der Waals surface area contributed by atoms with Crippen molar-refractivity contribution in [2.75, 3.05) is 18.0 Å². The summed E-state index contributed by atoms with van der Waals surface area (Å²) < 4.78 is 0. The minimum Gasteiger partial charge on any atom is -0.481 e. The van der Waals surface area contributed by atoms with Crippen LogP contribution in [0.25, 0.3) is 0 Å². The predicted octanol–water partition coefficient (Wildman–Crippen LogP) is 1.65. The van der Waals surface area contributed by atoms with E-state index in [4.69, 9.17) is 10.8 Å². The molecule has 0 heterocycles. The third-order valence-corrected chi connectivity index (χ3v) is 3.62. The lowest BCUT2D eigenvalue weighted by Crippen LogP contribution is -2.26. The molecular formula is C13H18N2O3S. The number of anilines is 1. The van der Waals surface area contributed by atoms with Crippen LogP contribution in [0.3, 0.4) is 0 Å². The second-order valence-electron chi connectivity index (χ2n) is 4.16. The van der Waals surface area contributed by atoms with E-state index in [-0.39, 0.29) is 12.3 Å². The second kappa shape index (κ2) is 7.68. The molecule has 0 saturated carbocycles. The van der Waals surface area contributed by atoms with Gasteiger partial charge in [0.1, 0.15) is 0 Å². The van der Waals surface area contributed by atoms with Crippen LogP contribution in [0.5, 0.6) is 0 Å². The first-order valence-corrected chi connectivity index (χ1v) is 6.95. The number of benzene rings is 1. The molecule has 0 aromatic heterocycles. The van der Waals surface area contributed by atoms with E-state index in [1.54, 1.807) is 6.07 Å². The van der Waals surface area contributed by atoms with Crippen LogP contribution >= 0.6 is 11.8 Å². The maximum Gasteiger partial charge on any atom is 0.303 e. The summed E-state index contributed by atoms with van der Waals surface area (Å²) in [5.74, 6) is -0.620. The lowest BCUT2D eigenvalue weighted by Gasteiger charge is -2.07. The van der Waals surface area contributed by atoms with Crippen molar-refractivity contribution in [1.29, 1.82) is 0 Å². The number of aryl methyl sites for hydroxylation is 1. The standard InChI is InChI=1S/C13H18N2O3S/c1-9-7-10(14)4-5-11(9)19-8-12(16)15-6-2-3-13(17)18/h4-5,7H,2-3,6,8,14H2,1H3,(H,15,16)(H,17,18). The number of thioether (sulfide) groups is 1. The number of carbonyl (C=O) groups is 2. The van der Waals surface area contributed by atoms with E-state index < -0.39 is 5.97 Å². The Hall–Kier alpha value is -1.69. The molecule has 0 spiro atoms. The van der Waals surface area contributed by atoms with Crippen molar-refractivity contribution in [2.45, 2.75) is 24.7 Å². The number of amides is 1. The lowest BCUT2D eigenvalue weighted by atomic mass is 10.2. The van der Waals surface area contributed by atoms with E-state index in [9.17, 15) is 9.59 Å². The number of hydrogen-bond acceptors (Lipinski definition) is 4. The number of nitrogens with one attached hydrogen (secondary N) is 1. The van der Waals surface area contributed by atoms with Gasteiger partial charge in [-0.05, 0) is 37.1 Å². The Labute approximate surface area is 116 Å². The van der Waals surface area contributed by atoms with Crippen LogP contribution in [0.1, 0.15) is 18.4 Å². The smallest absolute Gasteiger partial charge is 0.303 e. The van der Waals surface area contributed by atoms with Crippen molar-refractivity contribution >= 4 is 29.3 Å². The normalized spacial score (nSPS) is 10.2. The van der Waals surface area contributed by atoms with Crippen LogP contribution in [0.2, 0.25) is 0 Å². The molecule has 5 nitrogen and oxygen atoms in total. The van der Waals surface area contributed by atoms with Crippen molar-refractivity contribution in [2.24, 2.45) is 0 Å². The van der Waals surface area contributed by atoms with Gasteiger partial charge in [-0.3, -0.25) is 9.59 Å². The molecule has 1 aromatic carbocycles. The van der Waals surface area contributed by atoms with Gasteiger partial charge in [0.25, 0.3) is 0 Å². The first-order chi connectivity index (χ1) is 8.99. The van der Waals surface area contributed by atoms with Gasteiger partial charge in [-0.15, -0.1) is 11.8 Å². The zero-order valence-corrected chi connectivity index (χ0v) is 11.6. The highest BCUT2D eigenvalue weighted by Crippen LogP contribution is 2.23. The zero-order chi connectivity index (χ0) is 14.3. The molecule has 0 unspecified atom stereocenters. The number of carbonyl (C=O) groups excluding carboxylic acids is 1. The molecule has 0 aliphatic rings. The number of aliphatic carboxylic acids is 1. The molecule has 19 heavy (non-hydrogen) atoms. The molecule has 1 amide bonds. The largest absolute Gasteiger partial charge is 0.481 e. The molecule has 0 radical (unpaired) electrons. The number of nitrogens with two attached hydrogens (primary N) is 1. The summed E-state index contributed by atoms with van der Waals surface area (Å²) in [5.41, 5.74) is 7.41. The second-order valence-corrected chi connectivity index (χ2v) is 5.18. The molecule has 4 N–H and O–H groups in total. The van der Waals surface area contributed by atoms with Crippen LogP contribution in [-0.4, -0.2) is 29.3 Å². The van der Waals surface area contributed by atoms with Crippen LogP contribution < -0.4 is 11.1 Å². The Balaban J connectivity index is 2.28. The Kier molecular flexibility index (Phi) is 6.21. The van der Waals surface area contributed by atoms with E-state index in [0.717, 1.165) is 10.5 Å². The Morgan fingerprint density at radius 1 is 1.42 bits per heavy atom. The molecule has 1 rings (SSSR count). The van der Waals surface area contributed by atoms with Crippen molar-refractivity contribution in [3.8, 4) is 0 Å². The molecule has 0 fully saturated rings. The van der Waals surface area contributed by atoms with E-state index in [1.165, 1.54) is 11.8 Å². The number of hydrogen-bond donors (Lipinski definition) is 3. The number of nitrogen functional groups attached to an aromatic ring is 1. The highest BCUT2D eigenvalue weighted by molar-refractivity contribution is 8.00. The number of carboxylic acids is 1. The third-order valence-electron chi connectivity index (χ3n) is 2.45. The maximum atomic E-state index is 11.5. The van der Waals surface area contributed by atoms with Crippen LogP contribution in [-0.2, 0) is 9.59 Å². The highest BCUT2D eigenvalue weighted by atomic mass is 32.2. The summed E-state index contributed by atoms with van der Waals surface area (Å²) >= 11 is 1.44. The average molecular weight is 282 g/mol. The molecule has 0 aliphatic carbocycles. The topological polar surface area (TPSA) is 92.4 Å². The van der Waals surface area contributed by atoms with Crippen molar-refractivity contribution in [3.05, 3.63) is 23.8 Å². The summed E-state index contributed by atoms with van der Waals surface area (Å²) in [7, 11) is 0. The predicted molar refractivity (Wildman–Crippen MR) is 76.2 cm³/mol. The van der Waals surface area contributed by atoms with Crippen molar-refractivity contribution in [3.63, 3.8) is 0 Å². The van der Waals surface area contributed by atoms with Gasteiger partial charge >= 0.3 is 5.97 Å². The fourth-order valence-electron chi connectivity index (χ4n) is 1.50. The molecule has 0 saturated heterocycles. The molecule has 0 atom stereocenters. The Morgan fingerprint density at radius 3 is 2.79 bits per heavy atom.